The van der Waals surface area contributed by atoms with E-state index in [1.54, 1.807) is 30.1 Å². The highest BCUT2D eigenvalue weighted by molar-refractivity contribution is 5.66. The van der Waals surface area contributed by atoms with Gasteiger partial charge in [0.1, 0.15) is 5.82 Å². The molecule has 0 unspecified atom stereocenters. The van der Waals surface area contributed by atoms with Crippen molar-refractivity contribution in [1.29, 1.82) is 0 Å². The monoisotopic (exact) mass is 338 g/mol. The van der Waals surface area contributed by atoms with E-state index in [2.05, 4.69) is 5.10 Å². The zero-order valence-electron chi connectivity index (χ0n) is 14.0. The molecule has 2 aromatic carbocycles. The average molecular weight is 338 g/mol. The molecule has 1 aromatic heterocycles. The number of rotatable bonds is 6. The second-order valence-corrected chi connectivity index (χ2v) is 6.22. The summed E-state index contributed by atoms with van der Waals surface area (Å²) < 4.78 is 26.3. The molecule has 3 aromatic rings. The Morgan fingerprint density at radius 3 is 2.60 bits per heavy atom. The van der Waals surface area contributed by atoms with Gasteiger partial charge in [-0.05, 0) is 67.3 Å². The molecule has 0 aliphatic heterocycles. The van der Waals surface area contributed by atoms with Gasteiger partial charge in [0, 0.05) is 5.56 Å². The number of hydrogen-bond acceptors (Lipinski definition) is 3. The first-order chi connectivity index (χ1) is 12.2. The Hall–Kier alpha value is -2.82. The second kappa shape index (κ2) is 6.59. The smallest absolute Gasteiger partial charge is 0.161 e. The lowest BCUT2D eigenvalue weighted by atomic mass is 10.1. The van der Waals surface area contributed by atoms with Gasteiger partial charge >= 0.3 is 0 Å². The summed E-state index contributed by atoms with van der Waals surface area (Å²) in [6.07, 6.45) is 4.20. The summed E-state index contributed by atoms with van der Waals surface area (Å²) in [5.41, 5.74) is 2.68. The summed E-state index contributed by atoms with van der Waals surface area (Å²) in [5, 5.41) is 4.37. The highest BCUT2D eigenvalue weighted by Gasteiger charge is 2.22. The fourth-order valence-electron chi connectivity index (χ4n) is 2.75. The van der Waals surface area contributed by atoms with Crippen LogP contribution in [0.1, 0.15) is 12.8 Å². The fraction of sp³-hybridized carbons (Fsp3) is 0.250. The third kappa shape index (κ3) is 3.36. The maximum absolute atomic E-state index is 13.2. The van der Waals surface area contributed by atoms with Crippen molar-refractivity contribution >= 4 is 0 Å². The van der Waals surface area contributed by atoms with E-state index in [0.717, 1.165) is 35.1 Å². The van der Waals surface area contributed by atoms with Gasteiger partial charge in [0.15, 0.2) is 11.5 Å². The molecule has 1 aliphatic rings. The highest BCUT2D eigenvalue weighted by Crippen LogP contribution is 2.36. The highest BCUT2D eigenvalue weighted by atomic mass is 19.1. The third-order valence-electron chi connectivity index (χ3n) is 4.34. The van der Waals surface area contributed by atoms with Crippen LogP contribution < -0.4 is 9.47 Å². The Bertz CT molecular complexity index is 870. The van der Waals surface area contributed by atoms with Gasteiger partial charge in [0.25, 0.3) is 0 Å². The molecule has 0 atom stereocenters. The Balaban J connectivity index is 1.68. The van der Waals surface area contributed by atoms with Crippen LogP contribution in [-0.4, -0.2) is 23.5 Å². The largest absolute Gasteiger partial charge is 0.493 e. The van der Waals surface area contributed by atoms with Gasteiger partial charge < -0.3 is 9.47 Å². The van der Waals surface area contributed by atoms with Crippen LogP contribution >= 0.6 is 0 Å². The quantitative estimate of drug-likeness (QED) is 0.665. The first-order valence-electron chi connectivity index (χ1n) is 8.36. The lowest BCUT2D eigenvalue weighted by Crippen LogP contribution is -2.02. The molecule has 5 heteroatoms. The molecule has 1 heterocycles. The minimum absolute atomic E-state index is 0.266. The molecule has 0 spiro atoms. The SMILES string of the molecule is COc1ccc(-c2ccnn2-c2ccc(F)cc2)cc1OCC1CC1. The first-order valence-corrected chi connectivity index (χ1v) is 8.36. The van der Waals surface area contributed by atoms with Crippen molar-refractivity contribution < 1.29 is 13.9 Å². The van der Waals surface area contributed by atoms with Crippen LogP contribution in [0, 0.1) is 11.7 Å². The summed E-state index contributed by atoms with van der Waals surface area (Å²) in [6.45, 7) is 0.719. The Labute approximate surface area is 145 Å². The summed E-state index contributed by atoms with van der Waals surface area (Å²) in [6, 6.07) is 14.0. The zero-order chi connectivity index (χ0) is 17.2. The molecule has 1 saturated carbocycles. The number of ether oxygens (including phenoxy) is 2. The van der Waals surface area contributed by atoms with E-state index in [1.165, 1.54) is 25.0 Å². The van der Waals surface area contributed by atoms with Gasteiger partial charge in [-0.3, -0.25) is 0 Å². The molecule has 4 rings (SSSR count). The minimum atomic E-state index is -0.266. The molecule has 4 nitrogen and oxygen atoms in total. The van der Waals surface area contributed by atoms with Crippen molar-refractivity contribution in [3.05, 3.63) is 60.5 Å². The number of nitrogens with zero attached hydrogens (tertiary/aromatic N) is 2. The van der Waals surface area contributed by atoms with Gasteiger partial charge in [-0.1, -0.05) is 0 Å². The van der Waals surface area contributed by atoms with E-state index in [4.69, 9.17) is 9.47 Å². The normalized spacial score (nSPS) is 13.7. The molecule has 128 valence electrons. The van der Waals surface area contributed by atoms with E-state index >= 15 is 0 Å². The molecule has 0 N–H and O–H groups in total. The van der Waals surface area contributed by atoms with Crippen LogP contribution in [0.4, 0.5) is 4.39 Å². The predicted molar refractivity (Wildman–Crippen MR) is 93.7 cm³/mol. The summed E-state index contributed by atoms with van der Waals surface area (Å²) in [7, 11) is 1.64. The summed E-state index contributed by atoms with van der Waals surface area (Å²) in [4.78, 5) is 0. The molecule has 0 saturated heterocycles. The van der Waals surface area contributed by atoms with Crippen molar-refractivity contribution in [2.24, 2.45) is 5.92 Å². The van der Waals surface area contributed by atoms with Crippen LogP contribution in [0.5, 0.6) is 11.5 Å². The van der Waals surface area contributed by atoms with Crippen molar-refractivity contribution in [1.82, 2.24) is 9.78 Å². The average Bonchev–Trinajstić information content (AvgIpc) is 3.35. The van der Waals surface area contributed by atoms with E-state index in [1.807, 2.05) is 24.3 Å². The predicted octanol–water partition coefficient (Wildman–Crippen LogP) is 4.48. The molecule has 25 heavy (non-hydrogen) atoms. The van der Waals surface area contributed by atoms with Crippen molar-refractivity contribution in [2.75, 3.05) is 13.7 Å². The number of halogens is 1. The summed E-state index contributed by atoms with van der Waals surface area (Å²) >= 11 is 0. The van der Waals surface area contributed by atoms with E-state index < -0.39 is 0 Å². The van der Waals surface area contributed by atoms with E-state index in [-0.39, 0.29) is 5.82 Å². The van der Waals surface area contributed by atoms with Crippen molar-refractivity contribution in [3.8, 4) is 28.4 Å². The van der Waals surface area contributed by atoms with Crippen LogP contribution in [0.3, 0.4) is 0 Å². The minimum Gasteiger partial charge on any atom is -0.493 e. The lowest BCUT2D eigenvalue weighted by Gasteiger charge is -2.13. The Morgan fingerprint density at radius 1 is 1.08 bits per heavy atom. The number of methoxy groups -OCH3 is 1. The van der Waals surface area contributed by atoms with Crippen molar-refractivity contribution in [3.63, 3.8) is 0 Å². The maximum Gasteiger partial charge on any atom is 0.161 e. The van der Waals surface area contributed by atoms with Gasteiger partial charge in [-0.2, -0.15) is 5.10 Å². The van der Waals surface area contributed by atoms with E-state index in [0.29, 0.717) is 5.92 Å². The molecule has 1 aliphatic carbocycles. The number of aromatic nitrogens is 2. The zero-order valence-corrected chi connectivity index (χ0v) is 14.0. The third-order valence-corrected chi connectivity index (χ3v) is 4.34. The lowest BCUT2D eigenvalue weighted by molar-refractivity contribution is 0.280. The van der Waals surface area contributed by atoms with E-state index in [9.17, 15) is 4.39 Å². The van der Waals surface area contributed by atoms with Crippen LogP contribution in [0.25, 0.3) is 16.9 Å². The van der Waals surface area contributed by atoms with Gasteiger partial charge in [0.05, 0.1) is 31.3 Å². The number of benzene rings is 2. The maximum atomic E-state index is 13.2. The van der Waals surface area contributed by atoms with Gasteiger partial charge in [-0.25, -0.2) is 9.07 Å². The van der Waals surface area contributed by atoms with Gasteiger partial charge in [-0.15, -0.1) is 0 Å². The van der Waals surface area contributed by atoms with Crippen molar-refractivity contribution in [2.45, 2.75) is 12.8 Å². The topological polar surface area (TPSA) is 36.3 Å². The molecular weight excluding hydrogens is 319 g/mol. The van der Waals surface area contributed by atoms with Gasteiger partial charge in [0.2, 0.25) is 0 Å². The van der Waals surface area contributed by atoms with Crippen LogP contribution in [-0.2, 0) is 0 Å². The molecule has 1 fully saturated rings. The molecule has 0 bridgehead atoms. The Kier molecular flexibility index (Phi) is 4.14. The fourth-order valence-corrected chi connectivity index (χ4v) is 2.75. The van der Waals surface area contributed by atoms with Crippen LogP contribution in [0.2, 0.25) is 0 Å². The second-order valence-electron chi connectivity index (χ2n) is 6.22. The molecule has 0 amide bonds. The first kappa shape index (κ1) is 15.7. The Morgan fingerprint density at radius 2 is 1.88 bits per heavy atom. The summed E-state index contributed by atoms with van der Waals surface area (Å²) in [5.74, 6) is 1.85. The standard InChI is InChI=1S/C20H19FN2O2/c1-24-19-9-4-15(12-20(19)25-13-14-2-3-14)18-10-11-22-23(18)17-7-5-16(21)6-8-17/h4-12,14H,2-3,13H2,1H3. The molecule has 0 radical (unpaired) electrons. The van der Waals surface area contributed by atoms with Crippen LogP contribution in [0.15, 0.2) is 54.7 Å². The number of hydrogen-bond donors (Lipinski definition) is 0. The molecular formula is C20H19FN2O2.